The van der Waals surface area contributed by atoms with Crippen molar-refractivity contribution in [3.05, 3.63) is 35.0 Å². The zero-order valence-corrected chi connectivity index (χ0v) is 10.4. The summed E-state index contributed by atoms with van der Waals surface area (Å²) in [5.74, 6) is 1.31. The van der Waals surface area contributed by atoms with Gasteiger partial charge in [0, 0.05) is 18.2 Å². The third-order valence-electron chi connectivity index (χ3n) is 2.53. The Labute approximate surface area is 108 Å². The first kappa shape index (κ1) is 11.3. The van der Waals surface area contributed by atoms with Gasteiger partial charge >= 0.3 is 0 Å². The van der Waals surface area contributed by atoms with Gasteiger partial charge in [0.1, 0.15) is 12.3 Å². The Morgan fingerprint density at radius 2 is 2.28 bits per heavy atom. The molecule has 3 rings (SSSR count). The average molecular weight is 264 g/mol. The van der Waals surface area contributed by atoms with E-state index in [0.717, 1.165) is 11.0 Å². The molecule has 5 nitrogen and oxygen atoms in total. The summed E-state index contributed by atoms with van der Waals surface area (Å²) in [7, 11) is 1.60. The van der Waals surface area contributed by atoms with Gasteiger partial charge < -0.3 is 14.2 Å². The number of ether oxygens (including phenoxy) is 1. The highest BCUT2D eigenvalue weighted by Gasteiger charge is 2.11. The van der Waals surface area contributed by atoms with Crippen LogP contribution >= 0.6 is 11.6 Å². The van der Waals surface area contributed by atoms with Crippen molar-refractivity contribution in [1.29, 1.82) is 0 Å². The summed E-state index contributed by atoms with van der Waals surface area (Å²) >= 11 is 5.92. The maximum atomic E-state index is 5.92. The van der Waals surface area contributed by atoms with E-state index < -0.39 is 0 Å². The number of halogens is 1. The van der Waals surface area contributed by atoms with E-state index in [2.05, 4.69) is 15.1 Å². The molecule has 0 fully saturated rings. The summed E-state index contributed by atoms with van der Waals surface area (Å²) in [6, 6.07) is 7.27. The monoisotopic (exact) mass is 263 g/mol. The molecule has 0 amide bonds. The van der Waals surface area contributed by atoms with Gasteiger partial charge in [0.05, 0.1) is 11.0 Å². The first-order valence-corrected chi connectivity index (χ1v) is 5.74. The molecule has 18 heavy (non-hydrogen) atoms. The van der Waals surface area contributed by atoms with Crippen LogP contribution in [0.5, 0.6) is 0 Å². The van der Waals surface area contributed by atoms with Crippen molar-refractivity contribution >= 4 is 22.6 Å². The normalized spacial score (nSPS) is 11.2. The molecular formula is C12H10ClN3O2. The van der Waals surface area contributed by atoms with Gasteiger partial charge in [0.2, 0.25) is 0 Å². The SMILES string of the molecule is COCc1cc(-c2nc3ccc(Cl)cc3[nH]2)no1. The number of rotatable bonds is 3. The minimum atomic E-state index is 0.388. The van der Waals surface area contributed by atoms with Crippen LogP contribution in [-0.4, -0.2) is 22.2 Å². The Hall–Kier alpha value is -1.85. The van der Waals surface area contributed by atoms with Gasteiger partial charge in [-0.15, -0.1) is 0 Å². The molecule has 0 spiro atoms. The molecule has 0 saturated heterocycles. The summed E-state index contributed by atoms with van der Waals surface area (Å²) in [5.41, 5.74) is 2.36. The molecule has 0 aliphatic carbocycles. The van der Waals surface area contributed by atoms with E-state index >= 15 is 0 Å². The third kappa shape index (κ3) is 1.98. The number of hydrogen-bond acceptors (Lipinski definition) is 4. The maximum Gasteiger partial charge on any atom is 0.163 e. The molecular weight excluding hydrogens is 254 g/mol. The van der Waals surface area contributed by atoms with Gasteiger partial charge in [-0.05, 0) is 18.2 Å². The van der Waals surface area contributed by atoms with E-state index in [1.54, 1.807) is 19.2 Å². The summed E-state index contributed by atoms with van der Waals surface area (Å²) in [6.45, 7) is 0.388. The molecule has 0 atom stereocenters. The number of benzene rings is 1. The number of aromatic nitrogens is 3. The van der Waals surface area contributed by atoms with Crippen molar-refractivity contribution < 1.29 is 9.26 Å². The molecule has 0 aliphatic heterocycles. The average Bonchev–Trinajstić information content (AvgIpc) is 2.94. The molecule has 2 heterocycles. The van der Waals surface area contributed by atoms with E-state index in [1.807, 2.05) is 12.1 Å². The van der Waals surface area contributed by atoms with Gasteiger partial charge in [0.25, 0.3) is 0 Å². The second kappa shape index (κ2) is 4.44. The number of hydrogen-bond donors (Lipinski definition) is 1. The smallest absolute Gasteiger partial charge is 0.163 e. The van der Waals surface area contributed by atoms with Crippen LogP contribution < -0.4 is 0 Å². The van der Waals surface area contributed by atoms with Crippen LogP contribution in [0.2, 0.25) is 5.02 Å². The fourth-order valence-electron chi connectivity index (χ4n) is 1.74. The summed E-state index contributed by atoms with van der Waals surface area (Å²) < 4.78 is 10.1. The molecule has 0 radical (unpaired) electrons. The van der Waals surface area contributed by atoms with E-state index in [-0.39, 0.29) is 0 Å². The number of methoxy groups -OCH3 is 1. The zero-order chi connectivity index (χ0) is 12.5. The Balaban J connectivity index is 2.02. The fourth-order valence-corrected chi connectivity index (χ4v) is 1.91. The van der Waals surface area contributed by atoms with Crippen LogP contribution in [0.15, 0.2) is 28.8 Å². The number of nitrogens with zero attached hydrogens (tertiary/aromatic N) is 2. The predicted octanol–water partition coefficient (Wildman–Crippen LogP) is 3.02. The number of aromatic amines is 1. The largest absolute Gasteiger partial charge is 0.377 e. The maximum absolute atomic E-state index is 5.92. The van der Waals surface area contributed by atoms with Crippen molar-refractivity contribution in [3.63, 3.8) is 0 Å². The molecule has 0 bridgehead atoms. The summed E-state index contributed by atoms with van der Waals surface area (Å²) in [4.78, 5) is 7.57. The Bertz CT molecular complexity index is 690. The van der Waals surface area contributed by atoms with Gasteiger partial charge in [-0.1, -0.05) is 16.8 Å². The van der Waals surface area contributed by atoms with Crippen molar-refractivity contribution in [3.8, 4) is 11.5 Å². The molecule has 0 aliphatic rings. The molecule has 2 aromatic heterocycles. The molecule has 1 N–H and O–H groups in total. The number of nitrogens with one attached hydrogen (secondary N) is 1. The number of fused-ring (bicyclic) bond motifs is 1. The minimum Gasteiger partial charge on any atom is -0.377 e. The Kier molecular flexibility index (Phi) is 2.77. The lowest BCUT2D eigenvalue weighted by molar-refractivity contribution is 0.156. The summed E-state index contributed by atoms with van der Waals surface area (Å²) in [5, 5.41) is 4.61. The van der Waals surface area contributed by atoms with Gasteiger partial charge in [-0.25, -0.2) is 4.98 Å². The quantitative estimate of drug-likeness (QED) is 0.789. The van der Waals surface area contributed by atoms with Crippen LogP contribution in [0.1, 0.15) is 5.76 Å². The molecule has 92 valence electrons. The van der Waals surface area contributed by atoms with Crippen molar-refractivity contribution in [2.45, 2.75) is 6.61 Å². The Morgan fingerprint density at radius 1 is 1.39 bits per heavy atom. The summed E-state index contributed by atoms with van der Waals surface area (Å²) in [6.07, 6.45) is 0. The van der Waals surface area contributed by atoms with Gasteiger partial charge in [-0.2, -0.15) is 0 Å². The van der Waals surface area contributed by atoms with Crippen LogP contribution in [0, 0.1) is 0 Å². The van der Waals surface area contributed by atoms with Crippen LogP contribution in [0.3, 0.4) is 0 Å². The highest BCUT2D eigenvalue weighted by Crippen LogP contribution is 2.22. The number of H-pyrrole nitrogens is 1. The van der Waals surface area contributed by atoms with E-state index in [0.29, 0.717) is 28.9 Å². The van der Waals surface area contributed by atoms with E-state index in [4.69, 9.17) is 20.9 Å². The van der Waals surface area contributed by atoms with Crippen molar-refractivity contribution in [2.24, 2.45) is 0 Å². The molecule has 3 aromatic rings. The van der Waals surface area contributed by atoms with Gasteiger partial charge in [0.15, 0.2) is 11.6 Å². The van der Waals surface area contributed by atoms with Crippen molar-refractivity contribution in [2.75, 3.05) is 7.11 Å². The fraction of sp³-hybridized carbons (Fsp3) is 0.167. The topological polar surface area (TPSA) is 63.9 Å². The second-order valence-corrected chi connectivity index (χ2v) is 4.29. The van der Waals surface area contributed by atoms with Gasteiger partial charge in [-0.3, -0.25) is 0 Å². The minimum absolute atomic E-state index is 0.388. The standard InChI is InChI=1S/C12H10ClN3O2/c1-17-6-8-5-11(16-18-8)12-14-9-3-2-7(13)4-10(9)15-12/h2-5H,6H2,1H3,(H,14,15). The predicted molar refractivity (Wildman–Crippen MR) is 67.3 cm³/mol. The molecule has 1 aromatic carbocycles. The van der Waals surface area contributed by atoms with Crippen LogP contribution in [0.25, 0.3) is 22.6 Å². The number of imidazole rings is 1. The first-order chi connectivity index (χ1) is 8.76. The molecule has 0 saturated carbocycles. The lowest BCUT2D eigenvalue weighted by Gasteiger charge is -1.87. The lowest BCUT2D eigenvalue weighted by Crippen LogP contribution is -1.82. The van der Waals surface area contributed by atoms with Crippen LogP contribution in [-0.2, 0) is 11.3 Å². The lowest BCUT2D eigenvalue weighted by atomic mass is 10.3. The third-order valence-corrected chi connectivity index (χ3v) is 2.77. The highest BCUT2D eigenvalue weighted by atomic mass is 35.5. The van der Waals surface area contributed by atoms with Crippen molar-refractivity contribution in [1.82, 2.24) is 15.1 Å². The molecule has 6 heteroatoms. The van der Waals surface area contributed by atoms with E-state index in [9.17, 15) is 0 Å². The van der Waals surface area contributed by atoms with Crippen LogP contribution in [0.4, 0.5) is 0 Å². The Morgan fingerprint density at radius 3 is 3.11 bits per heavy atom. The zero-order valence-electron chi connectivity index (χ0n) is 9.61. The highest BCUT2D eigenvalue weighted by molar-refractivity contribution is 6.31. The first-order valence-electron chi connectivity index (χ1n) is 5.36. The van der Waals surface area contributed by atoms with E-state index in [1.165, 1.54) is 0 Å². The molecule has 0 unspecified atom stereocenters. The second-order valence-electron chi connectivity index (χ2n) is 3.86.